The molecule has 0 fully saturated rings. The fourth-order valence-electron chi connectivity index (χ4n) is 2.90. The molecule has 3 nitrogen and oxygen atoms in total. The molecule has 0 bridgehead atoms. The molecule has 2 heterocycles. The molecule has 2 aromatic heterocycles. The summed E-state index contributed by atoms with van der Waals surface area (Å²) in [6, 6.07) is 12.4. The van der Waals surface area contributed by atoms with Gasteiger partial charge < -0.3 is 14.7 Å². The zero-order valence-corrected chi connectivity index (χ0v) is 12.0. The van der Waals surface area contributed by atoms with Crippen molar-refractivity contribution < 1.29 is 4.74 Å². The maximum atomic E-state index is 6.07. The molecule has 0 atom stereocenters. The van der Waals surface area contributed by atoms with Crippen molar-refractivity contribution in [1.82, 2.24) is 9.97 Å². The molecule has 0 saturated heterocycles. The quantitative estimate of drug-likeness (QED) is 0.528. The molecule has 0 amide bonds. The highest BCUT2D eigenvalue weighted by Gasteiger charge is 2.06. The highest BCUT2D eigenvalue weighted by molar-refractivity contribution is 5.85. The first-order valence-electron chi connectivity index (χ1n) is 7.04. The zero-order chi connectivity index (χ0) is 14.4. The van der Waals surface area contributed by atoms with Crippen LogP contribution in [-0.2, 0) is 0 Å². The van der Waals surface area contributed by atoms with Crippen LogP contribution in [-0.4, -0.2) is 9.97 Å². The van der Waals surface area contributed by atoms with Crippen molar-refractivity contribution in [3.63, 3.8) is 0 Å². The van der Waals surface area contributed by atoms with Crippen LogP contribution in [0.1, 0.15) is 11.1 Å². The summed E-state index contributed by atoms with van der Waals surface area (Å²) in [5.74, 6) is 1.74. The van der Waals surface area contributed by atoms with Gasteiger partial charge in [0.2, 0.25) is 0 Å². The monoisotopic (exact) mass is 276 g/mol. The lowest BCUT2D eigenvalue weighted by molar-refractivity contribution is 0.483. The van der Waals surface area contributed by atoms with Crippen LogP contribution < -0.4 is 4.74 Å². The molecule has 0 saturated carbocycles. The molecular formula is C18H16N2O. The molecule has 0 aliphatic heterocycles. The SMILES string of the molecule is Cc1cc(Oc2cc(C)c3[nH]ccc3c2)cc2cc[nH]c12. The van der Waals surface area contributed by atoms with Crippen molar-refractivity contribution in [1.29, 1.82) is 0 Å². The number of aromatic amines is 2. The average molecular weight is 276 g/mol. The van der Waals surface area contributed by atoms with Crippen LogP contribution in [0.4, 0.5) is 0 Å². The highest BCUT2D eigenvalue weighted by Crippen LogP contribution is 2.30. The van der Waals surface area contributed by atoms with Crippen molar-refractivity contribution in [2.24, 2.45) is 0 Å². The molecule has 21 heavy (non-hydrogen) atoms. The van der Waals surface area contributed by atoms with E-state index in [0.717, 1.165) is 11.5 Å². The standard InChI is InChI=1S/C18H16N2O/c1-11-7-15(9-13-3-5-19-17(11)13)21-16-8-12(2)18-14(10-16)4-6-20-18/h3-10,19-20H,1-2H3. The molecule has 0 radical (unpaired) electrons. The van der Waals surface area contributed by atoms with Crippen molar-refractivity contribution in [2.75, 3.05) is 0 Å². The molecule has 2 aromatic carbocycles. The van der Waals surface area contributed by atoms with Gasteiger partial charge in [-0.15, -0.1) is 0 Å². The van der Waals surface area contributed by atoms with Crippen molar-refractivity contribution in [3.8, 4) is 11.5 Å². The third-order valence-corrected chi connectivity index (χ3v) is 3.90. The van der Waals surface area contributed by atoms with Gasteiger partial charge >= 0.3 is 0 Å². The summed E-state index contributed by atoms with van der Waals surface area (Å²) in [5.41, 5.74) is 4.71. The lowest BCUT2D eigenvalue weighted by Gasteiger charge is -2.09. The summed E-state index contributed by atoms with van der Waals surface area (Å²) < 4.78 is 6.07. The Balaban J connectivity index is 1.78. The van der Waals surface area contributed by atoms with E-state index >= 15 is 0 Å². The smallest absolute Gasteiger partial charge is 0.128 e. The Morgan fingerprint density at radius 1 is 0.714 bits per heavy atom. The molecule has 104 valence electrons. The lowest BCUT2D eigenvalue weighted by Crippen LogP contribution is -1.87. The summed E-state index contributed by atoms with van der Waals surface area (Å²) in [4.78, 5) is 6.50. The maximum absolute atomic E-state index is 6.07. The van der Waals surface area contributed by atoms with Gasteiger partial charge in [-0.3, -0.25) is 0 Å². The maximum Gasteiger partial charge on any atom is 0.128 e. The number of rotatable bonds is 2. The van der Waals surface area contributed by atoms with Crippen LogP contribution in [0.2, 0.25) is 0 Å². The first-order valence-corrected chi connectivity index (χ1v) is 7.04. The fraction of sp³-hybridized carbons (Fsp3) is 0.111. The van der Waals surface area contributed by atoms with Gasteiger partial charge in [0.15, 0.2) is 0 Å². The van der Waals surface area contributed by atoms with E-state index in [4.69, 9.17) is 4.74 Å². The number of ether oxygens (including phenoxy) is 1. The number of nitrogens with one attached hydrogen (secondary N) is 2. The second kappa shape index (κ2) is 4.42. The zero-order valence-electron chi connectivity index (χ0n) is 12.0. The normalized spacial score (nSPS) is 11.3. The molecule has 3 heteroatoms. The van der Waals surface area contributed by atoms with Gasteiger partial charge in [-0.25, -0.2) is 0 Å². The number of fused-ring (bicyclic) bond motifs is 2. The number of H-pyrrole nitrogens is 2. The molecule has 0 spiro atoms. The number of hydrogen-bond acceptors (Lipinski definition) is 1. The van der Waals surface area contributed by atoms with Gasteiger partial charge in [-0.2, -0.15) is 0 Å². The average Bonchev–Trinajstić information content (AvgIpc) is 3.07. The van der Waals surface area contributed by atoms with E-state index in [1.54, 1.807) is 0 Å². The summed E-state index contributed by atoms with van der Waals surface area (Å²) in [5, 5.41) is 2.34. The topological polar surface area (TPSA) is 40.8 Å². The van der Waals surface area contributed by atoms with Gasteiger partial charge in [0.1, 0.15) is 11.5 Å². The third-order valence-electron chi connectivity index (χ3n) is 3.90. The minimum absolute atomic E-state index is 0.869. The summed E-state index contributed by atoms with van der Waals surface area (Å²) in [6.07, 6.45) is 3.91. The first kappa shape index (κ1) is 12.1. The van der Waals surface area contributed by atoms with Crippen LogP contribution in [0.3, 0.4) is 0 Å². The number of aryl methyl sites for hydroxylation is 2. The Labute approximate surface area is 122 Å². The van der Waals surface area contributed by atoms with Gasteiger partial charge in [-0.05, 0) is 61.4 Å². The number of benzene rings is 2. The molecule has 0 aliphatic carbocycles. The van der Waals surface area contributed by atoms with E-state index in [1.807, 2.05) is 12.4 Å². The van der Waals surface area contributed by atoms with Crippen molar-refractivity contribution >= 4 is 21.8 Å². The number of hydrogen-bond donors (Lipinski definition) is 2. The minimum Gasteiger partial charge on any atom is -0.457 e. The highest BCUT2D eigenvalue weighted by atomic mass is 16.5. The van der Waals surface area contributed by atoms with Crippen LogP contribution in [0.5, 0.6) is 11.5 Å². The minimum atomic E-state index is 0.869. The van der Waals surface area contributed by atoms with E-state index in [2.05, 4.69) is 60.2 Å². The van der Waals surface area contributed by atoms with Crippen LogP contribution in [0.15, 0.2) is 48.8 Å². The third kappa shape index (κ3) is 1.98. The fourth-order valence-corrected chi connectivity index (χ4v) is 2.90. The predicted octanol–water partition coefficient (Wildman–Crippen LogP) is 5.06. The second-order valence-electron chi connectivity index (χ2n) is 5.47. The molecule has 0 unspecified atom stereocenters. The van der Waals surface area contributed by atoms with Crippen molar-refractivity contribution in [2.45, 2.75) is 13.8 Å². The Bertz CT molecular complexity index is 868. The van der Waals surface area contributed by atoms with E-state index in [0.29, 0.717) is 0 Å². The molecule has 2 N–H and O–H groups in total. The first-order chi connectivity index (χ1) is 10.2. The Kier molecular flexibility index (Phi) is 2.54. The molecular weight excluding hydrogens is 260 g/mol. The Hall–Kier alpha value is -2.68. The molecule has 4 rings (SSSR count). The van der Waals surface area contributed by atoms with Gasteiger partial charge in [0.05, 0.1) is 0 Å². The van der Waals surface area contributed by atoms with E-state index in [-0.39, 0.29) is 0 Å². The van der Waals surface area contributed by atoms with Gasteiger partial charge in [-0.1, -0.05) is 0 Å². The summed E-state index contributed by atoms with van der Waals surface area (Å²) in [6.45, 7) is 4.18. The van der Waals surface area contributed by atoms with Crippen LogP contribution >= 0.6 is 0 Å². The predicted molar refractivity (Wildman–Crippen MR) is 86.1 cm³/mol. The van der Waals surface area contributed by atoms with Crippen molar-refractivity contribution in [3.05, 3.63) is 59.9 Å². The molecule has 4 aromatic rings. The summed E-state index contributed by atoms with van der Waals surface area (Å²) in [7, 11) is 0. The van der Waals surface area contributed by atoms with Gasteiger partial charge in [0, 0.05) is 34.2 Å². The van der Waals surface area contributed by atoms with Gasteiger partial charge in [0.25, 0.3) is 0 Å². The summed E-state index contributed by atoms with van der Waals surface area (Å²) >= 11 is 0. The second-order valence-corrected chi connectivity index (χ2v) is 5.47. The Morgan fingerprint density at radius 2 is 1.19 bits per heavy atom. The van der Waals surface area contributed by atoms with E-state index < -0.39 is 0 Å². The lowest BCUT2D eigenvalue weighted by atomic mass is 10.1. The number of aromatic nitrogens is 2. The van der Waals surface area contributed by atoms with Crippen LogP contribution in [0.25, 0.3) is 21.8 Å². The van der Waals surface area contributed by atoms with Crippen LogP contribution in [0, 0.1) is 13.8 Å². The van der Waals surface area contributed by atoms with E-state index in [9.17, 15) is 0 Å². The molecule has 0 aliphatic rings. The largest absolute Gasteiger partial charge is 0.457 e. The Morgan fingerprint density at radius 3 is 1.67 bits per heavy atom. The van der Waals surface area contributed by atoms with E-state index in [1.165, 1.54) is 32.9 Å².